The third-order valence-corrected chi connectivity index (χ3v) is 5.60. The molecule has 2 aliphatic rings. The molecule has 0 aromatic carbocycles. The van der Waals surface area contributed by atoms with Gasteiger partial charge in [0.1, 0.15) is 12.0 Å². The van der Waals surface area contributed by atoms with Crippen molar-refractivity contribution in [2.45, 2.75) is 58.7 Å². The van der Waals surface area contributed by atoms with Crippen LogP contribution in [0.5, 0.6) is 5.88 Å². The molecule has 0 radical (unpaired) electrons. The predicted molar refractivity (Wildman–Crippen MR) is 93.9 cm³/mol. The molecule has 1 saturated carbocycles. The molecule has 1 aliphatic carbocycles. The van der Waals surface area contributed by atoms with E-state index in [-0.39, 0.29) is 5.97 Å². The summed E-state index contributed by atoms with van der Waals surface area (Å²) in [6.45, 7) is 10.4. The Morgan fingerprint density at radius 2 is 1.84 bits per heavy atom. The monoisotopic (exact) mass is 347 g/mol. The Morgan fingerprint density at radius 1 is 1.24 bits per heavy atom. The first kappa shape index (κ1) is 18.2. The number of nitrogens with zero attached hydrogens (tertiary/aromatic N) is 1. The van der Waals surface area contributed by atoms with Crippen LogP contribution in [-0.2, 0) is 18.8 Å². The van der Waals surface area contributed by atoms with Gasteiger partial charge in [-0.15, -0.1) is 0 Å². The fraction of sp³-hybridized carbons (Fsp3) is 0.667. The summed E-state index contributed by atoms with van der Waals surface area (Å²) in [5, 5.41) is 0. The Morgan fingerprint density at radius 3 is 2.32 bits per heavy atom. The summed E-state index contributed by atoms with van der Waals surface area (Å²) in [4.78, 5) is 16.1. The van der Waals surface area contributed by atoms with E-state index >= 15 is 0 Å². The number of hydrogen-bond donors (Lipinski definition) is 0. The number of carbonyl (C=O) groups excluding carboxylic acids is 1. The lowest BCUT2D eigenvalue weighted by atomic mass is 9.77. The molecular formula is C18H26BNO5. The second-order valence-corrected chi connectivity index (χ2v) is 8.03. The second-order valence-electron chi connectivity index (χ2n) is 8.03. The van der Waals surface area contributed by atoms with Crippen molar-refractivity contribution in [1.82, 2.24) is 4.98 Å². The van der Waals surface area contributed by atoms with Gasteiger partial charge in [0.05, 0.1) is 18.3 Å². The number of hydrogen-bond acceptors (Lipinski definition) is 6. The van der Waals surface area contributed by atoms with Crippen LogP contribution < -0.4 is 10.2 Å². The van der Waals surface area contributed by atoms with E-state index in [1.807, 2.05) is 40.7 Å². The maximum Gasteiger partial charge on any atom is 0.496 e. The van der Waals surface area contributed by atoms with Crippen molar-refractivity contribution in [2.75, 3.05) is 13.7 Å². The summed E-state index contributed by atoms with van der Waals surface area (Å²) in [6, 6.07) is 1.85. The fourth-order valence-electron chi connectivity index (χ4n) is 2.82. The Kier molecular flexibility index (Phi) is 4.36. The molecule has 0 bridgehead atoms. The van der Waals surface area contributed by atoms with E-state index in [1.165, 1.54) is 7.11 Å². The number of rotatable bonds is 5. The highest BCUT2D eigenvalue weighted by Gasteiger charge is 2.53. The largest absolute Gasteiger partial charge is 0.496 e. The molecule has 1 saturated heterocycles. The number of esters is 1. The molecule has 6 nitrogen and oxygen atoms in total. The van der Waals surface area contributed by atoms with Gasteiger partial charge in [0.15, 0.2) is 0 Å². The Bertz CT molecular complexity index is 668. The van der Waals surface area contributed by atoms with Gasteiger partial charge in [-0.25, -0.2) is 4.98 Å². The van der Waals surface area contributed by atoms with Crippen LogP contribution in [0.25, 0.3) is 0 Å². The highest BCUT2D eigenvalue weighted by atomic mass is 16.7. The average molecular weight is 347 g/mol. The molecule has 1 aromatic rings. The lowest BCUT2D eigenvalue weighted by Gasteiger charge is -2.32. The molecular weight excluding hydrogens is 321 g/mol. The van der Waals surface area contributed by atoms with Crippen LogP contribution in [0.2, 0.25) is 0 Å². The van der Waals surface area contributed by atoms with Crippen LogP contribution in [0.15, 0.2) is 12.3 Å². The standard InChI is InChI=1S/C18H26BNO5/c1-12-9-14(23-11-18(7-8-18)15(21)22-6)20-10-13(12)19-24-16(2,3)17(4,5)25-19/h9-10H,7-8,11H2,1-6H3. The minimum absolute atomic E-state index is 0.210. The molecule has 25 heavy (non-hydrogen) atoms. The molecule has 0 unspecified atom stereocenters. The minimum atomic E-state index is -0.491. The van der Waals surface area contributed by atoms with Crippen LogP contribution in [0.3, 0.4) is 0 Å². The first-order valence-electron chi connectivity index (χ1n) is 8.64. The number of methoxy groups -OCH3 is 1. The maximum absolute atomic E-state index is 11.8. The van der Waals surface area contributed by atoms with Crippen LogP contribution in [0.4, 0.5) is 0 Å². The van der Waals surface area contributed by atoms with Crippen molar-refractivity contribution in [3.63, 3.8) is 0 Å². The van der Waals surface area contributed by atoms with Crippen molar-refractivity contribution in [1.29, 1.82) is 0 Å². The van der Waals surface area contributed by atoms with Gasteiger partial charge in [-0.2, -0.15) is 0 Å². The van der Waals surface area contributed by atoms with E-state index in [0.717, 1.165) is 23.9 Å². The van der Waals surface area contributed by atoms with Gasteiger partial charge in [0.2, 0.25) is 5.88 Å². The zero-order valence-corrected chi connectivity index (χ0v) is 15.8. The van der Waals surface area contributed by atoms with Gasteiger partial charge in [-0.05, 0) is 53.0 Å². The zero-order chi connectivity index (χ0) is 18.5. The number of aromatic nitrogens is 1. The summed E-state index contributed by atoms with van der Waals surface area (Å²) in [5.74, 6) is 0.283. The molecule has 136 valence electrons. The van der Waals surface area contributed by atoms with Crippen molar-refractivity contribution in [3.05, 3.63) is 17.8 Å². The second kappa shape index (κ2) is 5.99. The fourth-order valence-corrected chi connectivity index (χ4v) is 2.82. The highest BCUT2D eigenvalue weighted by Crippen LogP contribution is 2.46. The highest BCUT2D eigenvalue weighted by molar-refractivity contribution is 6.62. The topological polar surface area (TPSA) is 66.9 Å². The summed E-state index contributed by atoms with van der Waals surface area (Å²) >= 11 is 0. The summed E-state index contributed by atoms with van der Waals surface area (Å²) in [7, 11) is 0.959. The third kappa shape index (κ3) is 3.27. The smallest absolute Gasteiger partial charge is 0.476 e. The van der Waals surface area contributed by atoms with Crippen molar-refractivity contribution in [3.8, 4) is 5.88 Å². The Balaban J connectivity index is 1.69. The van der Waals surface area contributed by atoms with Gasteiger partial charge in [-0.1, -0.05) is 0 Å². The molecule has 1 aromatic heterocycles. The average Bonchev–Trinajstić information content (AvgIpc) is 3.28. The van der Waals surface area contributed by atoms with E-state index in [4.69, 9.17) is 18.8 Å². The van der Waals surface area contributed by atoms with Crippen LogP contribution in [0.1, 0.15) is 46.1 Å². The SMILES string of the molecule is COC(=O)C1(COc2cc(C)c(B3OC(C)(C)C(C)(C)O3)cn2)CC1. The molecule has 0 atom stereocenters. The third-order valence-electron chi connectivity index (χ3n) is 5.60. The number of pyridine rings is 1. The van der Waals surface area contributed by atoms with Gasteiger partial charge in [0.25, 0.3) is 0 Å². The molecule has 7 heteroatoms. The van der Waals surface area contributed by atoms with Crippen molar-refractivity contribution in [2.24, 2.45) is 5.41 Å². The lowest BCUT2D eigenvalue weighted by Crippen LogP contribution is -2.41. The van der Waals surface area contributed by atoms with Crippen molar-refractivity contribution >= 4 is 18.6 Å². The van der Waals surface area contributed by atoms with Gasteiger partial charge in [-0.3, -0.25) is 4.79 Å². The van der Waals surface area contributed by atoms with Gasteiger partial charge >= 0.3 is 13.1 Å². The minimum Gasteiger partial charge on any atom is -0.476 e. The number of ether oxygens (including phenoxy) is 2. The quantitative estimate of drug-likeness (QED) is 0.600. The maximum atomic E-state index is 11.8. The first-order valence-corrected chi connectivity index (χ1v) is 8.64. The summed E-state index contributed by atoms with van der Waals surface area (Å²) in [6.07, 6.45) is 3.32. The van der Waals surface area contributed by atoms with Crippen LogP contribution >= 0.6 is 0 Å². The van der Waals surface area contributed by atoms with E-state index < -0.39 is 23.7 Å². The molecule has 2 heterocycles. The summed E-state index contributed by atoms with van der Waals surface area (Å²) < 4.78 is 22.7. The molecule has 0 spiro atoms. The van der Waals surface area contributed by atoms with Crippen LogP contribution in [0, 0.1) is 12.3 Å². The van der Waals surface area contributed by atoms with E-state index in [0.29, 0.717) is 12.5 Å². The lowest BCUT2D eigenvalue weighted by molar-refractivity contribution is -0.148. The first-order chi connectivity index (χ1) is 11.6. The van der Waals surface area contributed by atoms with E-state index in [1.54, 1.807) is 6.20 Å². The predicted octanol–water partition coefficient (Wildman–Crippen LogP) is 2.02. The van der Waals surface area contributed by atoms with Gasteiger partial charge in [0, 0.05) is 17.7 Å². The Hall–Kier alpha value is -1.60. The van der Waals surface area contributed by atoms with Crippen LogP contribution in [-0.4, -0.2) is 43.0 Å². The summed E-state index contributed by atoms with van der Waals surface area (Å²) in [5.41, 5.74) is 0.594. The van der Waals surface area contributed by atoms with E-state index in [9.17, 15) is 4.79 Å². The molecule has 0 N–H and O–H groups in total. The molecule has 0 amide bonds. The van der Waals surface area contributed by atoms with Gasteiger partial charge < -0.3 is 18.8 Å². The molecule has 3 rings (SSSR count). The van der Waals surface area contributed by atoms with Crippen molar-refractivity contribution < 1.29 is 23.6 Å². The normalized spacial score (nSPS) is 22.6. The van der Waals surface area contributed by atoms with E-state index in [2.05, 4.69) is 4.98 Å². The number of aryl methyl sites for hydroxylation is 1. The molecule has 2 fully saturated rings. The number of carbonyl (C=O) groups is 1. The zero-order valence-electron chi connectivity index (χ0n) is 15.8. The Labute approximate surface area is 149 Å². The molecule has 1 aliphatic heterocycles.